The van der Waals surface area contributed by atoms with E-state index in [0.29, 0.717) is 37.4 Å². The summed E-state index contributed by atoms with van der Waals surface area (Å²) in [6.07, 6.45) is 1.83. The van der Waals surface area contributed by atoms with Crippen molar-refractivity contribution in [1.29, 1.82) is 0 Å². The van der Waals surface area contributed by atoms with Crippen LogP contribution < -0.4 is 9.47 Å². The fourth-order valence-electron chi connectivity index (χ4n) is 2.89. The van der Waals surface area contributed by atoms with Crippen LogP contribution in [0, 0.1) is 18.6 Å². The van der Waals surface area contributed by atoms with E-state index in [1.807, 2.05) is 0 Å². The zero-order valence-electron chi connectivity index (χ0n) is 16.5. The molecule has 1 aliphatic rings. The van der Waals surface area contributed by atoms with Crippen molar-refractivity contribution in [2.75, 3.05) is 13.1 Å². The Labute approximate surface area is 167 Å². The number of likely N-dealkylation sites (tertiary alicyclic amines) is 1. The van der Waals surface area contributed by atoms with Gasteiger partial charge in [0.25, 0.3) is 0 Å². The number of hydrogen-bond acceptors (Lipinski definition) is 6. The highest BCUT2D eigenvalue weighted by Gasteiger charge is 2.26. The average molecular weight is 407 g/mol. The summed E-state index contributed by atoms with van der Waals surface area (Å²) in [7, 11) is 0. The zero-order valence-corrected chi connectivity index (χ0v) is 16.5. The van der Waals surface area contributed by atoms with E-state index in [2.05, 4.69) is 9.97 Å². The summed E-state index contributed by atoms with van der Waals surface area (Å²) < 4.78 is 43.8. The molecule has 0 N–H and O–H groups in total. The van der Waals surface area contributed by atoms with Crippen molar-refractivity contribution in [3.05, 3.63) is 41.7 Å². The number of piperidine rings is 1. The molecule has 1 amide bonds. The third kappa shape index (κ3) is 5.30. The molecule has 2 aromatic rings. The molecule has 0 atom stereocenters. The third-order valence-electron chi connectivity index (χ3n) is 4.41. The van der Waals surface area contributed by atoms with E-state index < -0.39 is 11.6 Å². The minimum atomic E-state index is -0.701. The number of carbonyl (C=O) groups excluding carboxylic acids is 1. The number of benzene rings is 1. The van der Waals surface area contributed by atoms with Crippen molar-refractivity contribution in [2.45, 2.75) is 45.8 Å². The quantitative estimate of drug-likeness (QED) is 0.738. The minimum Gasteiger partial charge on any atom is -0.474 e. The Morgan fingerprint density at radius 1 is 1.17 bits per heavy atom. The van der Waals surface area contributed by atoms with E-state index >= 15 is 0 Å². The van der Waals surface area contributed by atoms with Gasteiger partial charge in [0.05, 0.1) is 11.7 Å². The molecule has 2 heterocycles. The molecule has 1 aromatic heterocycles. The van der Waals surface area contributed by atoms with Gasteiger partial charge >= 0.3 is 6.09 Å². The Morgan fingerprint density at radius 2 is 1.86 bits per heavy atom. The van der Waals surface area contributed by atoms with Gasteiger partial charge in [0.15, 0.2) is 11.6 Å². The molecule has 0 radical (unpaired) electrons. The van der Waals surface area contributed by atoms with Gasteiger partial charge in [-0.05, 0) is 32.9 Å². The normalized spacial score (nSPS) is 14.8. The van der Waals surface area contributed by atoms with Gasteiger partial charge in [0.2, 0.25) is 11.8 Å². The molecule has 0 aliphatic carbocycles. The predicted molar refractivity (Wildman–Crippen MR) is 100 cm³/mol. The Kier molecular flexibility index (Phi) is 6.46. The smallest absolute Gasteiger partial charge is 0.410 e. The van der Waals surface area contributed by atoms with Crippen LogP contribution in [-0.4, -0.2) is 46.3 Å². The summed E-state index contributed by atoms with van der Waals surface area (Å²) in [6.45, 7) is 6.31. The summed E-state index contributed by atoms with van der Waals surface area (Å²) >= 11 is 0. The van der Waals surface area contributed by atoms with Crippen LogP contribution in [0.5, 0.6) is 17.5 Å². The van der Waals surface area contributed by atoms with Crippen LogP contribution in [-0.2, 0) is 4.74 Å². The fraction of sp³-hybridized carbons (Fsp3) is 0.450. The van der Waals surface area contributed by atoms with Crippen LogP contribution in [0.15, 0.2) is 24.5 Å². The third-order valence-corrected chi connectivity index (χ3v) is 4.41. The maximum atomic E-state index is 13.8. The van der Waals surface area contributed by atoms with E-state index in [9.17, 15) is 13.6 Å². The van der Waals surface area contributed by atoms with Gasteiger partial charge in [-0.2, -0.15) is 0 Å². The number of carbonyl (C=O) groups is 1. The second-order valence-corrected chi connectivity index (χ2v) is 7.02. The molecular weight excluding hydrogens is 384 g/mol. The number of ether oxygens (including phenoxy) is 3. The molecule has 0 unspecified atom stereocenters. The van der Waals surface area contributed by atoms with Gasteiger partial charge in [0, 0.05) is 32.0 Å². The lowest BCUT2D eigenvalue weighted by atomic mass is 10.1. The molecule has 1 fully saturated rings. The summed E-state index contributed by atoms with van der Waals surface area (Å²) in [5.74, 6) is -1.21. The first-order valence-electron chi connectivity index (χ1n) is 9.40. The fourth-order valence-corrected chi connectivity index (χ4v) is 2.89. The van der Waals surface area contributed by atoms with Gasteiger partial charge < -0.3 is 19.1 Å². The first kappa shape index (κ1) is 20.8. The van der Waals surface area contributed by atoms with Crippen LogP contribution in [0.1, 0.15) is 32.3 Å². The molecule has 0 spiro atoms. The lowest BCUT2D eigenvalue weighted by Crippen LogP contribution is -2.42. The van der Waals surface area contributed by atoms with Crippen molar-refractivity contribution < 1.29 is 27.8 Å². The van der Waals surface area contributed by atoms with Crippen molar-refractivity contribution in [2.24, 2.45) is 0 Å². The molecule has 156 valence electrons. The van der Waals surface area contributed by atoms with Gasteiger partial charge in [-0.25, -0.2) is 23.5 Å². The first-order chi connectivity index (χ1) is 13.8. The molecule has 29 heavy (non-hydrogen) atoms. The summed E-state index contributed by atoms with van der Waals surface area (Å²) in [4.78, 5) is 21.7. The lowest BCUT2D eigenvalue weighted by molar-refractivity contribution is 0.0505. The standard InChI is InChI=1S/C20H23F2N3O4/c1-12(2)27-20(26)25-8-6-15(7-9-25)28-18-13(3)19(24-11-23-18)29-17-10-14(21)4-5-16(17)22/h4-5,10-12,15H,6-9H2,1-3H3. The van der Waals surface area contributed by atoms with Gasteiger partial charge in [-0.3, -0.25) is 0 Å². The topological polar surface area (TPSA) is 73.8 Å². The molecule has 0 saturated carbocycles. The molecule has 1 aliphatic heterocycles. The summed E-state index contributed by atoms with van der Waals surface area (Å²) in [5.41, 5.74) is 0.470. The van der Waals surface area contributed by atoms with Gasteiger partial charge in [-0.1, -0.05) is 0 Å². The monoisotopic (exact) mass is 407 g/mol. The number of aromatic nitrogens is 2. The molecule has 1 aromatic carbocycles. The second-order valence-electron chi connectivity index (χ2n) is 7.02. The van der Waals surface area contributed by atoms with Crippen molar-refractivity contribution >= 4 is 6.09 Å². The van der Waals surface area contributed by atoms with E-state index in [4.69, 9.17) is 14.2 Å². The highest BCUT2D eigenvalue weighted by molar-refractivity contribution is 5.67. The van der Waals surface area contributed by atoms with Crippen LogP contribution in [0.2, 0.25) is 0 Å². The maximum absolute atomic E-state index is 13.8. The number of hydrogen-bond donors (Lipinski definition) is 0. The van der Waals surface area contributed by atoms with Crippen LogP contribution in [0.25, 0.3) is 0 Å². The van der Waals surface area contributed by atoms with Crippen molar-refractivity contribution in [3.8, 4) is 17.5 Å². The Balaban J connectivity index is 1.63. The SMILES string of the molecule is Cc1c(Oc2cc(F)ccc2F)ncnc1OC1CCN(C(=O)OC(C)C)CC1. The Hall–Kier alpha value is -2.97. The molecule has 0 bridgehead atoms. The second kappa shape index (κ2) is 9.02. The Bertz CT molecular complexity index is 871. The summed E-state index contributed by atoms with van der Waals surface area (Å²) in [6, 6.07) is 2.94. The first-order valence-corrected chi connectivity index (χ1v) is 9.40. The van der Waals surface area contributed by atoms with Crippen LogP contribution >= 0.6 is 0 Å². The van der Waals surface area contributed by atoms with E-state index in [1.54, 1.807) is 25.7 Å². The van der Waals surface area contributed by atoms with Gasteiger partial charge in [-0.15, -0.1) is 0 Å². The number of rotatable bonds is 5. The number of halogens is 2. The average Bonchev–Trinajstić information content (AvgIpc) is 2.68. The molecular formula is C20H23F2N3O4. The predicted octanol–water partition coefficient (Wildman–Crippen LogP) is 4.24. The summed E-state index contributed by atoms with van der Waals surface area (Å²) in [5, 5.41) is 0. The molecule has 9 heteroatoms. The number of nitrogens with zero attached hydrogens (tertiary/aromatic N) is 3. The largest absolute Gasteiger partial charge is 0.474 e. The van der Waals surface area contributed by atoms with Crippen LogP contribution in [0.3, 0.4) is 0 Å². The Morgan fingerprint density at radius 3 is 2.55 bits per heavy atom. The van der Waals surface area contributed by atoms with E-state index in [-0.39, 0.29) is 29.9 Å². The lowest BCUT2D eigenvalue weighted by Gasteiger charge is -2.31. The molecule has 1 saturated heterocycles. The van der Waals surface area contributed by atoms with Crippen molar-refractivity contribution in [3.63, 3.8) is 0 Å². The van der Waals surface area contributed by atoms with Crippen LogP contribution in [0.4, 0.5) is 13.6 Å². The molecule has 3 rings (SSSR count). The van der Waals surface area contributed by atoms with E-state index in [1.165, 1.54) is 6.33 Å². The van der Waals surface area contributed by atoms with Gasteiger partial charge in [0.1, 0.15) is 18.2 Å². The number of amides is 1. The van der Waals surface area contributed by atoms with E-state index in [0.717, 1.165) is 18.2 Å². The zero-order chi connectivity index (χ0) is 21.0. The molecule has 7 nitrogen and oxygen atoms in total. The van der Waals surface area contributed by atoms with Crippen molar-refractivity contribution in [1.82, 2.24) is 14.9 Å². The highest BCUT2D eigenvalue weighted by Crippen LogP contribution is 2.30. The highest BCUT2D eigenvalue weighted by atomic mass is 19.1. The maximum Gasteiger partial charge on any atom is 0.410 e. The minimum absolute atomic E-state index is 0.0810.